The van der Waals surface area contributed by atoms with E-state index in [2.05, 4.69) is 4.98 Å². The van der Waals surface area contributed by atoms with Gasteiger partial charge in [-0.25, -0.2) is 4.98 Å². The molecule has 0 bridgehead atoms. The van der Waals surface area contributed by atoms with Crippen LogP contribution in [0.3, 0.4) is 0 Å². The first-order valence-corrected chi connectivity index (χ1v) is 17.5. The number of hydrogen-bond acceptors (Lipinski definition) is 10. The number of ketones is 1. The van der Waals surface area contributed by atoms with Gasteiger partial charge in [-0.1, -0.05) is 34.1 Å². The quantitative estimate of drug-likeness (QED) is 0.374. The summed E-state index contributed by atoms with van der Waals surface area (Å²) >= 11 is 1.50. The number of thiazole rings is 1. The van der Waals surface area contributed by atoms with E-state index in [4.69, 9.17) is 9.47 Å². The summed E-state index contributed by atoms with van der Waals surface area (Å²) in [5.41, 5.74) is 0.144. The van der Waals surface area contributed by atoms with Gasteiger partial charge in [0.15, 0.2) is 0 Å². The van der Waals surface area contributed by atoms with E-state index >= 15 is 0 Å². The summed E-state index contributed by atoms with van der Waals surface area (Å²) in [5, 5.41) is 24.9. The van der Waals surface area contributed by atoms with Crippen molar-refractivity contribution in [3.05, 3.63) is 21.7 Å². The first-order chi connectivity index (χ1) is 20.1. The topological polar surface area (TPSA) is 146 Å². The van der Waals surface area contributed by atoms with Gasteiger partial charge in [-0.2, -0.15) is 17.0 Å². The lowest BCUT2D eigenvalue weighted by atomic mass is 9.73. The Morgan fingerprint density at radius 1 is 1.14 bits per heavy atom. The average Bonchev–Trinajstić information content (AvgIpc) is 3.50. The van der Waals surface area contributed by atoms with Crippen LogP contribution in [-0.4, -0.2) is 101 Å². The fraction of sp³-hybridized carbons (Fsp3) is 0.767. The highest BCUT2D eigenvalue weighted by atomic mass is 32.2. The summed E-state index contributed by atoms with van der Waals surface area (Å²) in [4.78, 5) is 31.1. The third-order valence-electron chi connectivity index (χ3n) is 9.32. The molecule has 11 nitrogen and oxygen atoms in total. The van der Waals surface area contributed by atoms with E-state index in [0.717, 1.165) is 10.7 Å². The van der Waals surface area contributed by atoms with E-state index in [1.807, 2.05) is 32.2 Å². The first-order valence-electron chi connectivity index (χ1n) is 15.2. The van der Waals surface area contributed by atoms with Crippen molar-refractivity contribution in [1.82, 2.24) is 13.6 Å². The lowest BCUT2D eigenvalue weighted by Crippen LogP contribution is -2.45. The number of aryl methyl sites for hydroxylation is 1. The van der Waals surface area contributed by atoms with Crippen molar-refractivity contribution in [1.29, 1.82) is 0 Å². The molecule has 1 aromatic heterocycles. The van der Waals surface area contributed by atoms with E-state index in [9.17, 15) is 28.2 Å². The Morgan fingerprint density at radius 3 is 2.44 bits per heavy atom. The lowest BCUT2D eigenvalue weighted by Gasteiger charge is -2.34. The number of cyclic esters (lactones) is 1. The highest BCUT2D eigenvalue weighted by molar-refractivity contribution is 7.87. The number of fused-ring (bicyclic) bond motifs is 1. The largest absolute Gasteiger partial charge is 0.458 e. The molecular weight excluding hydrogens is 594 g/mol. The molecule has 0 amide bonds. The highest BCUT2D eigenvalue weighted by Crippen LogP contribution is 2.42. The lowest BCUT2D eigenvalue weighted by molar-refractivity contribution is -0.154. The summed E-state index contributed by atoms with van der Waals surface area (Å²) in [6, 6.07) is -0.676. The Labute approximate surface area is 259 Å². The number of aliphatic hydroxyl groups is 2. The Kier molecular flexibility index (Phi) is 10.9. The second kappa shape index (κ2) is 13.7. The normalized spacial score (nSPS) is 35.7. The Hall–Kier alpha value is -1.74. The molecule has 0 aliphatic carbocycles. The predicted octanol–water partition coefficient (Wildman–Crippen LogP) is 2.95. The van der Waals surface area contributed by atoms with Crippen LogP contribution in [0.15, 0.2) is 11.0 Å². The van der Waals surface area contributed by atoms with Crippen molar-refractivity contribution < 1.29 is 37.7 Å². The molecule has 2 N–H and O–H groups in total. The number of morpholine rings is 1. The van der Waals surface area contributed by atoms with Gasteiger partial charge in [-0.15, -0.1) is 11.3 Å². The molecule has 0 radical (unpaired) electrons. The molecule has 43 heavy (non-hydrogen) atoms. The maximum absolute atomic E-state index is 13.7. The molecule has 3 fully saturated rings. The molecule has 3 aliphatic rings. The van der Waals surface area contributed by atoms with Crippen LogP contribution in [0.1, 0.15) is 77.4 Å². The molecule has 0 spiro atoms. The second-order valence-corrected chi connectivity index (χ2v) is 15.8. The molecule has 1 aromatic rings. The molecule has 3 unspecified atom stereocenters. The van der Waals surface area contributed by atoms with Crippen molar-refractivity contribution in [3.8, 4) is 0 Å². The molecule has 13 heteroatoms. The van der Waals surface area contributed by atoms with E-state index in [-0.39, 0.29) is 43.3 Å². The number of hydrogen-bond donors (Lipinski definition) is 2. The first kappa shape index (κ1) is 34.1. The number of aliphatic hydroxyl groups excluding tert-OH is 2. The molecular formula is C30H47N3O8S2. The molecule has 0 saturated carbocycles. The van der Waals surface area contributed by atoms with Gasteiger partial charge in [-0.05, 0) is 44.3 Å². The third-order valence-corrected chi connectivity index (χ3v) is 12.2. The number of aromatic nitrogens is 1. The number of ether oxygens (including phenoxy) is 2. The third kappa shape index (κ3) is 7.74. The number of nitrogens with zero attached hydrogens (tertiary/aromatic N) is 3. The summed E-state index contributed by atoms with van der Waals surface area (Å²) in [6.45, 7) is 11.7. The van der Waals surface area contributed by atoms with Crippen molar-refractivity contribution in [2.75, 3.05) is 26.3 Å². The average molecular weight is 642 g/mol. The SMILES string of the molecule is CC(=Cc1csc(C)n1)C1CC2[C@@H](CCC[C@H](C)[C@H](O)[C@@H](C)C(=O)C(C)(C)[C@@H](O)CC(=O)O1)N2S(=O)(=O)N1CCOCC1. The second-order valence-electron chi connectivity index (χ2n) is 12.9. The van der Waals surface area contributed by atoms with E-state index in [0.29, 0.717) is 38.0 Å². The Morgan fingerprint density at radius 2 is 1.81 bits per heavy atom. The van der Waals surface area contributed by atoms with Crippen LogP contribution >= 0.6 is 11.3 Å². The highest BCUT2D eigenvalue weighted by Gasteiger charge is 2.57. The minimum Gasteiger partial charge on any atom is -0.458 e. The van der Waals surface area contributed by atoms with Crippen LogP contribution in [0.5, 0.6) is 0 Å². The van der Waals surface area contributed by atoms with Gasteiger partial charge < -0.3 is 19.7 Å². The summed E-state index contributed by atoms with van der Waals surface area (Å²) in [6.07, 6.45) is 0.483. The van der Waals surface area contributed by atoms with Gasteiger partial charge >= 0.3 is 5.97 Å². The van der Waals surface area contributed by atoms with Gasteiger partial charge in [-0.3, -0.25) is 9.59 Å². The van der Waals surface area contributed by atoms with Crippen LogP contribution < -0.4 is 0 Å². The fourth-order valence-corrected chi connectivity index (χ4v) is 8.85. The minimum absolute atomic E-state index is 0.217. The van der Waals surface area contributed by atoms with Gasteiger partial charge in [0.2, 0.25) is 0 Å². The number of rotatable bonds is 4. The summed E-state index contributed by atoms with van der Waals surface area (Å²) in [5.74, 6) is -1.98. The zero-order valence-electron chi connectivity index (χ0n) is 26.1. The summed E-state index contributed by atoms with van der Waals surface area (Å²) in [7, 11) is -3.77. The maximum atomic E-state index is 13.7. The zero-order valence-corrected chi connectivity index (χ0v) is 27.7. The maximum Gasteiger partial charge on any atom is 0.309 e. The molecule has 4 rings (SSSR count). The predicted molar refractivity (Wildman–Crippen MR) is 163 cm³/mol. The van der Waals surface area contributed by atoms with E-state index < -0.39 is 52.2 Å². The standard InChI is InChI=1S/C30H47N3O8S2/c1-18-8-7-9-23-24(33(23)43(38,39)32-10-12-40-13-11-32)15-25(19(2)14-22-17-42-21(4)31-22)41-27(35)16-26(34)30(5,6)29(37)20(3)28(18)36/h14,17-18,20,23-26,28,34,36H,7-13,15-16H2,1-6H3/t18-,20+,23+,24?,25?,26-,28-,33?/m0/s1. The van der Waals surface area contributed by atoms with Crippen molar-refractivity contribution in [2.24, 2.45) is 17.3 Å². The van der Waals surface area contributed by atoms with Gasteiger partial charge in [0.05, 0.1) is 48.0 Å². The number of esters is 1. The van der Waals surface area contributed by atoms with Crippen LogP contribution in [0.4, 0.5) is 0 Å². The summed E-state index contributed by atoms with van der Waals surface area (Å²) < 4.78 is 41.8. The van der Waals surface area contributed by atoms with Gasteiger partial charge in [0.1, 0.15) is 11.9 Å². The Bertz CT molecular complexity index is 1290. The number of carbonyl (C=O) groups excluding carboxylic acids is 2. The van der Waals surface area contributed by atoms with Gasteiger partial charge in [0.25, 0.3) is 10.2 Å². The molecule has 0 aromatic carbocycles. The fourth-order valence-electron chi connectivity index (χ4n) is 6.30. The van der Waals surface area contributed by atoms with E-state index in [1.54, 1.807) is 20.8 Å². The monoisotopic (exact) mass is 641 g/mol. The van der Waals surface area contributed by atoms with Crippen molar-refractivity contribution in [3.63, 3.8) is 0 Å². The Balaban J connectivity index is 1.66. The number of Topliss-reactive ketones (excluding diaryl/α,β-unsaturated/α-hetero) is 1. The molecule has 8 atom stereocenters. The zero-order chi connectivity index (χ0) is 31.7. The van der Waals surface area contributed by atoms with Gasteiger partial charge in [0, 0.05) is 42.9 Å². The molecule has 242 valence electrons. The smallest absolute Gasteiger partial charge is 0.309 e. The van der Waals surface area contributed by atoms with Crippen LogP contribution in [0.2, 0.25) is 0 Å². The van der Waals surface area contributed by atoms with E-state index in [1.165, 1.54) is 19.9 Å². The van der Waals surface area contributed by atoms with Crippen molar-refractivity contribution >= 4 is 39.4 Å². The minimum atomic E-state index is -3.77. The number of carbonyl (C=O) groups is 2. The van der Waals surface area contributed by atoms with Crippen molar-refractivity contribution in [2.45, 2.75) is 104 Å². The molecule has 3 saturated heterocycles. The van der Waals surface area contributed by atoms with Crippen LogP contribution in [-0.2, 0) is 29.3 Å². The van der Waals surface area contributed by atoms with Crippen LogP contribution in [0, 0.1) is 24.2 Å². The molecule has 3 aliphatic heterocycles. The van der Waals surface area contributed by atoms with Crippen LogP contribution in [0.25, 0.3) is 6.08 Å². The molecule has 4 heterocycles.